The molecule has 0 saturated carbocycles. The monoisotopic (exact) mass is 293 g/mol. The lowest BCUT2D eigenvalue weighted by Crippen LogP contribution is -2.32. The third-order valence-corrected chi connectivity index (χ3v) is 5.12. The van der Waals surface area contributed by atoms with Gasteiger partial charge in [-0.2, -0.15) is 0 Å². The van der Waals surface area contributed by atoms with Crippen LogP contribution in [-0.2, 0) is 21.1 Å². The smallest absolute Gasteiger partial charge is 0.250 e. The van der Waals surface area contributed by atoms with Crippen LogP contribution in [0.1, 0.15) is 19.4 Å². The van der Waals surface area contributed by atoms with Crippen LogP contribution in [0.4, 0.5) is 5.69 Å². The van der Waals surface area contributed by atoms with Crippen LogP contribution in [-0.4, -0.2) is 26.6 Å². The summed E-state index contributed by atoms with van der Waals surface area (Å²) in [6.45, 7) is 8.05. The van der Waals surface area contributed by atoms with E-state index in [9.17, 15) is 13.2 Å². The van der Waals surface area contributed by atoms with E-state index in [1.807, 2.05) is 19.9 Å². The Morgan fingerprint density at radius 1 is 1.45 bits per heavy atom. The number of hydrogen-bond donors (Lipinski definition) is 0. The Hall–Kier alpha value is -1.62. The first kappa shape index (κ1) is 14.8. The zero-order valence-electron chi connectivity index (χ0n) is 11.8. The van der Waals surface area contributed by atoms with E-state index >= 15 is 0 Å². The Labute approximate surface area is 120 Å². The normalized spacial score (nSPS) is 15.9. The average molecular weight is 293 g/mol. The molecule has 20 heavy (non-hydrogen) atoms. The highest BCUT2D eigenvalue weighted by Gasteiger charge is 2.27. The van der Waals surface area contributed by atoms with Crippen LogP contribution in [0.3, 0.4) is 0 Å². The summed E-state index contributed by atoms with van der Waals surface area (Å²) >= 11 is 0. The quantitative estimate of drug-likeness (QED) is 0.800. The topological polar surface area (TPSA) is 54.5 Å². The van der Waals surface area contributed by atoms with Crippen molar-refractivity contribution in [1.82, 2.24) is 0 Å². The molecule has 0 bridgehead atoms. The lowest BCUT2D eigenvalue weighted by molar-refractivity contribution is -0.114. The fourth-order valence-electron chi connectivity index (χ4n) is 2.36. The number of amides is 1. The predicted molar refractivity (Wildman–Crippen MR) is 79.6 cm³/mol. The summed E-state index contributed by atoms with van der Waals surface area (Å²) in [4.78, 5) is 13.9. The average Bonchev–Trinajstić information content (AvgIpc) is 2.70. The van der Waals surface area contributed by atoms with Gasteiger partial charge in [-0.05, 0) is 36.1 Å². The number of carbonyl (C=O) groups excluding carboxylic acids is 1. The molecule has 0 fully saturated rings. The molecule has 0 aromatic heterocycles. The molecule has 5 heteroatoms. The number of anilines is 1. The summed E-state index contributed by atoms with van der Waals surface area (Å²) < 4.78 is 23.9. The number of fused-ring (bicyclic) bond motifs is 1. The lowest BCUT2D eigenvalue weighted by Gasteiger charge is -2.24. The van der Waals surface area contributed by atoms with E-state index in [0.29, 0.717) is 23.5 Å². The van der Waals surface area contributed by atoms with Crippen molar-refractivity contribution in [3.8, 4) is 0 Å². The van der Waals surface area contributed by atoms with Gasteiger partial charge in [0.25, 0.3) is 0 Å². The van der Waals surface area contributed by atoms with Crippen molar-refractivity contribution >= 4 is 21.4 Å². The van der Waals surface area contributed by atoms with Crippen molar-refractivity contribution in [2.45, 2.75) is 25.2 Å². The maximum Gasteiger partial charge on any atom is 0.250 e. The van der Waals surface area contributed by atoms with Crippen molar-refractivity contribution in [2.24, 2.45) is 5.92 Å². The molecule has 0 spiro atoms. The molecule has 1 amide bonds. The molecule has 108 valence electrons. The van der Waals surface area contributed by atoms with E-state index in [1.54, 1.807) is 17.0 Å². The van der Waals surface area contributed by atoms with Gasteiger partial charge >= 0.3 is 0 Å². The molecule has 0 aliphatic carbocycles. The molecule has 1 heterocycles. The van der Waals surface area contributed by atoms with E-state index in [1.165, 1.54) is 6.08 Å². The number of hydrogen-bond acceptors (Lipinski definition) is 3. The summed E-state index contributed by atoms with van der Waals surface area (Å²) in [5.41, 5.74) is 1.46. The van der Waals surface area contributed by atoms with Crippen LogP contribution in [0.15, 0.2) is 35.7 Å². The lowest BCUT2D eigenvalue weighted by atomic mass is 10.1. The second kappa shape index (κ2) is 5.40. The molecule has 1 aromatic rings. The molecule has 2 rings (SSSR count). The molecule has 0 saturated heterocycles. The zero-order valence-corrected chi connectivity index (χ0v) is 12.6. The van der Waals surface area contributed by atoms with Crippen LogP contribution >= 0.6 is 0 Å². The maximum absolute atomic E-state index is 12.0. The van der Waals surface area contributed by atoms with Gasteiger partial charge in [-0.15, -0.1) is 0 Å². The summed E-state index contributed by atoms with van der Waals surface area (Å²) in [6.07, 6.45) is 1.81. The first-order chi connectivity index (χ1) is 9.35. The summed E-state index contributed by atoms with van der Waals surface area (Å²) in [5, 5.41) is 0. The minimum absolute atomic E-state index is 0.158. The van der Waals surface area contributed by atoms with E-state index in [-0.39, 0.29) is 17.6 Å². The third kappa shape index (κ3) is 2.77. The number of rotatable bonds is 4. The van der Waals surface area contributed by atoms with Crippen LogP contribution in [0.25, 0.3) is 0 Å². The Balaban J connectivity index is 2.45. The van der Waals surface area contributed by atoms with Gasteiger partial charge in [0, 0.05) is 12.2 Å². The van der Waals surface area contributed by atoms with E-state index in [0.717, 1.165) is 5.56 Å². The Kier molecular flexibility index (Phi) is 3.99. The minimum atomic E-state index is -3.19. The van der Waals surface area contributed by atoms with Crippen LogP contribution in [0.2, 0.25) is 0 Å². The molecule has 0 radical (unpaired) electrons. The maximum atomic E-state index is 12.0. The van der Waals surface area contributed by atoms with Gasteiger partial charge in [0.05, 0.1) is 10.6 Å². The molecule has 0 unspecified atom stereocenters. The summed E-state index contributed by atoms with van der Waals surface area (Å²) in [5.74, 6) is 0.226. The third-order valence-electron chi connectivity index (χ3n) is 3.33. The molecule has 1 aliphatic rings. The van der Waals surface area contributed by atoms with Crippen molar-refractivity contribution < 1.29 is 13.2 Å². The van der Waals surface area contributed by atoms with Gasteiger partial charge in [-0.1, -0.05) is 26.5 Å². The molecule has 1 aromatic carbocycles. The van der Waals surface area contributed by atoms with E-state index in [4.69, 9.17) is 0 Å². The Morgan fingerprint density at radius 3 is 2.75 bits per heavy atom. The molecule has 4 nitrogen and oxygen atoms in total. The summed E-state index contributed by atoms with van der Waals surface area (Å²) in [6, 6.07) is 5.23. The van der Waals surface area contributed by atoms with Gasteiger partial charge in [0.1, 0.15) is 0 Å². The van der Waals surface area contributed by atoms with Crippen LogP contribution < -0.4 is 4.90 Å². The van der Waals surface area contributed by atoms with Crippen LogP contribution in [0, 0.1) is 5.92 Å². The highest BCUT2D eigenvalue weighted by Crippen LogP contribution is 2.30. The molecule has 0 atom stereocenters. The van der Waals surface area contributed by atoms with Gasteiger partial charge in [-0.25, -0.2) is 8.42 Å². The fraction of sp³-hybridized carbons (Fsp3) is 0.400. The van der Waals surface area contributed by atoms with Gasteiger partial charge < -0.3 is 4.90 Å². The van der Waals surface area contributed by atoms with E-state index in [2.05, 4.69) is 6.58 Å². The number of nitrogens with zero attached hydrogens (tertiary/aromatic N) is 1. The SMILES string of the molecule is C=CC(=O)N(CC(C)C)c1ccc2c(c1)S(=O)(=O)CC2. The summed E-state index contributed by atoms with van der Waals surface area (Å²) in [7, 11) is -3.19. The minimum Gasteiger partial charge on any atom is -0.309 e. The number of benzene rings is 1. The predicted octanol–water partition coefficient (Wildman–Crippen LogP) is 2.19. The molecular weight excluding hydrogens is 274 g/mol. The van der Waals surface area contributed by atoms with Crippen molar-refractivity contribution in [3.63, 3.8) is 0 Å². The number of sulfone groups is 1. The standard InChI is InChI=1S/C15H19NO3S/c1-4-15(17)16(10-11(2)3)13-6-5-12-7-8-20(18,19)14(12)9-13/h4-6,9,11H,1,7-8,10H2,2-3H3. The largest absolute Gasteiger partial charge is 0.309 e. The zero-order chi connectivity index (χ0) is 14.9. The van der Waals surface area contributed by atoms with Crippen molar-refractivity contribution in [2.75, 3.05) is 17.2 Å². The fourth-order valence-corrected chi connectivity index (χ4v) is 3.94. The second-order valence-corrected chi connectivity index (χ2v) is 7.49. The van der Waals surface area contributed by atoms with Crippen molar-refractivity contribution in [1.29, 1.82) is 0 Å². The van der Waals surface area contributed by atoms with Crippen molar-refractivity contribution in [3.05, 3.63) is 36.4 Å². The van der Waals surface area contributed by atoms with Crippen LogP contribution in [0.5, 0.6) is 0 Å². The van der Waals surface area contributed by atoms with Gasteiger partial charge in [-0.3, -0.25) is 4.79 Å². The highest BCUT2D eigenvalue weighted by atomic mass is 32.2. The Bertz CT molecular complexity index is 647. The second-order valence-electron chi connectivity index (χ2n) is 5.41. The highest BCUT2D eigenvalue weighted by molar-refractivity contribution is 7.91. The molecule has 0 N–H and O–H groups in total. The number of aryl methyl sites for hydroxylation is 1. The molecular formula is C15H19NO3S. The Morgan fingerprint density at radius 2 is 2.15 bits per heavy atom. The molecule has 1 aliphatic heterocycles. The van der Waals surface area contributed by atoms with E-state index < -0.39 is 9.84 Å². The first-order valence-corrected chi connectivity index (χ1v) is 8.30. The first-order valence-electron chi connectivity index (χ1n) is 6.65. The number of carbonyl (C=O) groups is 1. The van der Waals surface area contributed by atoms with Gasteiger partial charge in [0.15, 0.2) is 9.84 Å². The van der Waals surface area contributed by atoms with Gasteiger partial charge in [0.2, 0.25) is 5.91 Å².